The lowest BCUT2D eigenvalue weighted by Crippen LogP contribution is -2.62. The Bertz CT molecular complexity index is 495. The van der Waals surface area contributed by atoms with Crippen molar-refractivity contribution >= 4 is 0 Å². The molecule has 2 fully saturated rings. The second-order valence-electron chi connectivity index (χ2n) is 6.56. The van der Waals surface area contributed by atoms with E-state index in [1.165, 1.54) is 5.56 Å². The fourth-order valence-electron chi connectivity index (χ4n) is 3.97. The van der Waals surface area contributed by atoms with Gasteiger partial charge in [0.15, 0.2) is 0 Å². The summed E-state index contributed by atoms with van der Waals surface area (Å²) in [5.41, 5.74) is 1.30. The number of rotatable bonds is 5. The van der Waals surface area contributed by atoms with Crippen LogP contribution in [-0.2, 0) is 11.3 Å². The Morgan fingerprint density at radius 2 is 2.09 bits per heavy atom. The maximum atomic E-state index is 10.2. The summed E-state index contributed by atoms with van der Waals surface area (Å²) in [6.45, 7) is 5.78. The fraction of sp³-hybridized carbons (Fsp3) is 0.667. The molecule has 1 saturated carbocycles. The Labute approximate surface area is 133 Å². The summed E-state index contributed by atoms with van der Waals surface area (Å²) in [5, 5.41) is 10.2. The molecule has 1 heterocycles. The van der Waals surface area contributed by atoms with Crippen LogP contribution in [0, 0.1) is 5.41 Å². The molecule has 3 rings (SSSR count). The number of hydrogen-bond donors (Lipinski definition) is 1. The van der Waals surface area contributed by atoms with E-state index in [0.717, 1.165) is 51.3 Å². The van der Waals surface area contributed by atoms with Crippen LogP contribution in [0.25, 0.3) is 0 Å². The predicted molar refractivity (Wildman–Crippen MR) is 86.0 cm³/mol. The minimum Gasteiger partial charge on any atom is -0.497 e. The fourth-order valence-corrected chi connectivity index (χ4v) is 3.97. The molecule has 0 radical (unpaired) electrons. The summed E-state index contributed by atoms with van der Waals surface area (Å²) >= 11 is 0. The van der Waals surface area contributed by atoms with E-state index in [1.54, 1.807) is 7.11 Å². The van der Waals surface area contributed by atoms with Crippen LogP contribution in [0.5, 0.6) is 5.75 Å². The van der Waals surface area contributed by atoms with Gasteiger partial charge in [-0.1, -0.05) is 12.1 Å². The molecule has 2 atom stereocenters. The van der Waals surface area contributed by atoms with Gasteiger partial charge in [-0.15, -0.1) is 0 Å². The quantitative estimate of drug-likeness (QED) is 0.907. The van der Waals surface area contributed by atoms with Crippen molar-refractivity contribution in [3.05, 3.63) is 29.8 Å². The van der Waals surface area contributed by atoms with Crippen LogP contribution < -0.4 is 4.74 Å². The van der Waals surface area contributed by atoms with E-state index in [-0.39, 0.29) is 17.6 Å². The van der Waals surface area contributed by atoms with Crippen LogP contribution in [0.2, 0.25) is 0 Å². The van der Waals surface area contributed by atoms with Crippen molar-refractivity contribution in [2.45, 2.75) is 44.9 Å². The smallest absolute Gasteiger partial charge is 0.119 e. The van der Waals surface area contributed by atoms with Gasteiger partial charge in [-0.2, -0.15) is 0 Å². The number of piperidine rings is 1. The number of aliphatic hydroxyl groups excluding tert-OH is 1. The molecule has 1 saturated heterocycles. The van der Waals surface area contributed by atoms with Crippen molar-refractivity contribution in [3.8, 4) is 5.75 Å². The van der Waals surface area contributed by atoms with Gasteiger partial charge in [-0.05, 0) is 50.6 Å². The Kier molecular flexibility index (Phi) is 4.71. The zero-order valence-corrected chi connectivity index (χ0v) is 13.6. The van der Waals surface area contributed by atoms with Crippen LogP contribution in [0.1, 0.15) is 31.7 Å². The van der Waals surface area contributed by atoms with Crippen molar-refractivity contribution in [1.29, 1.82) is 0 Å². The Hall–Kier alpha value is -1.10. The molecule has 1 spiro atoms. The van der Waals surface area contributed by atoms with Gasteiger partial charge < -0.3 is 14.6 Å². The SMILES string of the molecule is CCO[C@H]1C[C@@H](O)C12CCN(Cc1cccc(OC)c1)CC2. The van der Waals surface area contributed by atoms with Crippen molar-refractivity contribution in [2.75, 3.05) is 26.8 Å². The van der Waals surface area contributed by atoms with Gasteiger partial charge in [0.05, 0.1) is 19.3 Å². The summed E-state index contributed by atoms with van der Waals surface area (Å²) in [5.74, 6) is 0.914. The van der Waals surface area contributed by atoms with Crippen molar-refractivity contribution in [1.82, 2.24) is 4.90 Å². The highest BCUT2D eigenvalue weighted by Crippen LogP contribution is 2.51. The molecule has 1 aliphatic carbocycles. The third-order valence-electron chi connectivity index (χ3n) is 5.44. The zero-order chi connectivity index (χ0) is 15.6. The average Bonchev–Trinajstić information content (AvgIpc) is 2.55. The minimum absolute atomic E-state index is 0.0148. The first-order valence-electron chi connectivity index (χ1n) is 8.33. The average molecular weight is 305 g/mol. The van der Waals surface area contributed by atoms with E-state index in [2.05, 4.69) is 17.0 Å². The number of methoxy groups -OCH3 is 1. The predicted octanol–water partition coefficient (Wildman–Crippen LogP) is 2.45. The number of hydrogen-bond acceptors (Lipinski definition) is 4. The molecule has 0 unspecified atom stereocenters. The van der Waals surface area contributed by atoms with Gasteiger partial charge >= 0.3 is 0 Å². The molecular formula is C18H27NO3. The lowest BCUT2D eigenvalue weighted by molar-refractivity contribution is -0.209. The standard InChI is InChI=1S/C18H27NO3/c1-3-22-17-12-16(20)18(17)7-9-19(10-8-18)13-14-5-4-6-15(11-14)21-2/h4-6,11,16-17,20H,3,7-10,12-13H2,1-2H3/t16-,17+/m1/s1. The van der Waals surface area contributed by atoms with E-state index >= 15 is 0 Å². The van der Waals surface area contributed by atoms with E-state index in [4.69, 9.17) is 9.47 Å². The van der Waals surface area contributed by atoms with Crippen molar-refractivity contribution in [3.63, 3.8) is 0 Å². The van der Waals surface area contributed by atoms with Gasteiger partial charge in [0.25, 0.3) is 0 Å². The minimum atomic E-state index is -0.178. The zero-order valence-electron chi connectivity index (χ0n) is 13.6. The van der Waals surface area contributed by atoms with Crippen LogP contribution in [-0.4, -0.2) is 49.0 Å². The van der Waals surface area contributed by atoms with Crippen LogP contribution in [0.4, 0.5) is 0 Å². The van der Waals surface area contributed by atoms with Gasteiger partial charge in [0.1, 0.15) is 5.75 Å². The summed E-state index contributed by atoms with van der Waals surface area (Å²) in [6, 6.07) is 8.27. The topological polar surface area (TPSA) is 41.9 Å². The number of likely N-dealkylation sites (tertiary alicyclic amines) is 1. The van der Waals surface area contributed by atoms with E-state index < -0.39 is 0 Å². The van der Waals surface area contributed by atoms with Crippen LogP contribution >= 0.6 is 0 Å². The second kappa shape index (κ2) is 6.57. The molecule has 1 aliphatic heterocycles. The molecule has 1 aromatic rings. The lowest BCUT2D eigenvalue weighted by atomic mass is 9.58. The van der Waals surface area contributed by atoms with Crippen LogP contribution in [0.15, 0.2) is 24.3 Å². The summed E-state index contributed by atoms with van der Waals surface area (Å²) in [7, 11) is 1.70. The lowest BCUT2D eigenvalue weighted by Gasteiger charge is -2.56. The van der Waals surface area contributed by atoms with E-state index in [1.807, 2.05) is 19.1 Å². The highest BCUT2D eigenvalue weighted by atomic mass is 16.5. The largest absolute Gasteiger partial charge is 0.497 e. The number of nitrogens with zero attached hydrogens (tertiary/aromatic N) is 1. The second-order valence-corrected chi connectivity index (χ2v) is 6.56. The third kappa shape index (κ3) is 2.87. The molecule has 4 nitrogen and oxygen atoms in total. The first kappa shape index (κ1) is 15.8. The van der Waals surface area contributed by atoms with E-state index in [9.17, 15) is 5.11 Å². The number of ether oxygens (including phenoxy) is 2. The number of benzene rings is 1. The monoisotopic (exact) mass is 305 g/mol. The Morgan fingerprint density at radius 1 is 1.32 bits per heavy atom. The molecule has 0 bridgehead atoms. The van der Waals surface area contributed by atoms with Gasteiger partial charge in [0.2, 0.25) is 0 Å². The summed E-state index contributed by atoms with van der Waals surface area (Å²) < 4.78 is 11.1. The van der Waals surface area contributed by atoms with Crippen molar-refractivity contribution in [2.24, 2.45) is 5.41 Å². The van der Waals surface area contributed by atoms with Gasteiger partial charge in [-0.25, -0.2) is 0 Å². The third-order valence-corrected chi connectivity index (χ3v) is 5.44. The van der Waals surface area contributed by atoms with Gasteiger partial charge in [-0.3, -0.25) is 4.90 Å². The molecule has 4 heteroatoms. The molecule has 2 aliphatic rings. The highest BCUT2D eigenvalue weighted by molar-refractivity contribution is 5.28. The molecule has 0 aromatic heterocycles. The Balaban J connectivity index is 1.57. The summed E-state index contributed by atoms with van der Waals surface area (Å²) in [6.07, 6.45) is 2.95. The first-order valence-corrected chi connectivity index (χ1v) is 8.33. The maximum Gasteiger partial charge on any atom is 0.119 e. The first-order chi connectivity index (χ1) is 10.7. The normalized spacial score (nSPS) is 27.6. The molecule has 0 amide bonds. The van der Waals surface area contributed by atoms with Crippen LogP contribution in [0.3, 0.4) is 0 Å². The Morgan fingerprint density at radius 3 is 2.73 bits per heavy atom. The molecule has 1 N–H and O–H groups in total. The highest BCUT2D eigenvalue weighted by Gasteiger charge is 2.55. The summed E-state index contributed by atoms with van der Waals surface area (Å²) in [4.78, 5) is 2.47. The van der Waals surface area contributed by atoms with Crippen molar-refractivity contribution < 1.29 is 14.6 Å². The molecule has 122 valence electrons. The molecular weight excluding hydrogens is 278 g/mol. The number of aliphatic hydroxyl groups is 1. The maximum absolute atomic E-state index is 10.2. The molecule has 1 aromatic carbocycles. The van der Waals surface area contributed by atoms with E-state index in [0.29, 0.717) is 0 Å². The van der Waals surface area contributed by atoms with Gasteiger partial charge in [0, 0.05) is 25.0 Å². The molecule has 22 heavy (non-hydrogen) atoms.